The number of likely N-dealkylation sites (tertiary alicyclic amines) is 1. The average Bonchev–Trinajstić information content (AvgIpc) is 3.03. The van der Waals surface area contributed by atoms with Crippen molar-refractivity contribution in [3.63, 3.8) is 0 Å². The van der Waals surface area contributed by atoms with Crippen molar-refractivity contribution < 1.29 is 14.3 Å². The van der Waals surface area contributed by atoms with Crippen molar-refractivity contribution in [2.24, 2.45) is 5.92 Å². The predicted molar refractivity (Wildman–Crippen MR) is 94.6 cm³/mol. The molecule has 1 saturated heterocycles. The molecule has 1 heterocycles. The van der Waals surface area contributed by atoms with Gasteiger partial charge in [0.05, 0.1) is 7.11 Å². The van der Waals surface area contributed by atoms with Crippen LogP contribution in [0.25, 0.3) is 0 Å². The number of unbranched alkanes of at least 4 members (excludes halogenated alkanes) is 2. The Morgan fingerprint density at radius 1 is 1.21 bits per heavy atom. The lowest BCUT2D eigenvalue weighted by Gasteiger charge is -2.26. The number of rotatable bonds is 9. The smallest absolute Gasteiger partial charge is 0.327 e. The molecule has 4 nitrogen and oxygen atoms in total. The van der Waals surface area contributed by atoms with Crippen molar-refractivity contribution in [1.82, 2.24) is 4.90 Å². The Labute approximate surface area is 145 Å². The van der Waals surface area contributed by atoms with Crippen LogP contribution in [0.5, 0.6) is 0 Å². The maximum Gasteiger partial charge on any atom is 0.327 e. The quantitative estimate of drug-likeness (QED) is 0.510. The van der Waals surface area contributed by atoms with Gasteiger partial charge in [0.2, 0.25) is 0 Å². The molecule has 1 aliphatic rings. The van der Waals surface area contributed by atoms with Gasteiger partial charge in [-0.15, -0.1) is 0 Å². The lowest BCUT2D eigenvalue weighted by molar-refractivity contribution is -0.147. The number of nitrogens with zero attached hydrogens (tertiary/aromatic N) is 1. The normalized spacial score (nSPS) is 19.2. The molecule has 1 aromatic rings. The Kier molecular flexibility index (Phi) is 7.44. The van der Waals surface area contributed by atoms with E-state index >= 15 is 0 Å². The standard InChI is InChI=1S/C20H29NO3/c1-16(22)9-5-3-6-10-17-13-14-21(15-17)19(20(23)24-2)18-11-7-4-8-12-18/h4,7-8,11-12,17,19H,3,5-6,9-10,13-15H2,1-2H3. The van der Waals surface area contributed by atoms with E-state index in [0.717, 1.165) is 37.9 Å². The van der Waals surface area contributed by atoms with Crippen LogP contribution in [0.2, 0.25) is 0 Å². The van der Waals surface area contributed by atoms with Gasteiger partial charge in [-0.3, -0.25) is 4.90 Å². The zero-order chi connectivity index (χ0) is 17.4. The van der Waals surface area contributed by atoms with Crippen LogP contribution in [0.15, 0.2) is 30.3 Å². The van der Waals surface area contributed by atoms with Crippen LogP contribution in [0.1, 0.15) is 57.1 Å². The Hall–Kier alpha value is -1.68. The summed E-state index contributed by atoms with van der Waals surface area (Å²) in [5.74, 6) is 0.743. The van der Waals surface area contributed by atoms with Crippen LogP contribution in [-0.2, 0) is 14.3 Å². The summed E-state index contributed by atoms with van der Waals surface area (Å²) in [6, 6.07) is 9.60. The topological polar surface area (TPSA) is 46.6 Å². The molecule has 2 atom stereocenters. The minimum absolute atomic E-state index is 0.177. The summed E-state index contributed by atoms with van der Waals surface area (Å²) in [6.45, 7) is 3.54. The van der Waals surface area contributed by atoms with Gasteiger partial charge in [0.1, 0.15) is 11.8 Å². The number of ketones is 1. The maximum atomic E-state index is 12.3. The van der Waals surface area contributed by atoms with Gasteiger partial charge in [-0.25, -0.2) is 4.79 Å². The monoisotopic (exact) mass is 331 g/mol. The third-order valence-electron chi connectivity index (χ3n) is 4.86. The second-order valence-corrected chi connectivity index (χ2v) is 6.79. The zero-order valence-electron chi connectivity index (χ0n) is 14.9. The lowest BCUT2D eigenvalue weighted by Crippen LogP contribution is -2.33. The van der Waals surface area contributed by atoms with E-state index in [-0.39, 0.29) is 17.8 Å². The van der Waals surface area contributed by atoms with E-state index in [0.29, 0.717) is 12.3 Å². The minimum Gasteiger partial charge on any atom is -0.468 e. The Morgan fingerprint density at radius 2 is 1.96 bits per heavy atom. The van der Waals surface area contributed by atoms with Crippen LogP contribution in [0, 0.1) is 5.92 Å². The summed E-state index contributed by atoms with van der Waals surface area (Å²) < 4.78 is 5.04. The number of Topliss-reactive ketones (excluding diaryl/α,β-unsaturated/α-hetero) is 1. The zero-order valence-corrected chi connectivity index (χ0v) is 14.9. The first-order chi connectivity index (χ1) is 11.6. The van der Waals surface area contributed by atoms with Crippen molar-refractivity contribution in [3.8, 4) is 0 Å². The highest BCUT2D eigenvalue weighted by atomic mass is 16.5. The summed E-state index contributed by atoms with van der Waals surface area (Å²) >= 11 is 0. The Bertz CT molecular complexity index is 529. The van der Waals surface area contributed by atoms with E-state index in [4.69, 9.17) is 4.74 Å². The summed E-state index contributed by atoms with van der Waals surface area (Å²) in [6.07, 6.45) is 6.30. The van der Waals surface area contributed by atoms with E-state index in [1.165, 1.54) is 20.0 Å². The number of ether oxygens (including phenoxy) is 1. The number of esters is 1. The molecule has 0 N–H and O–H groups in total. The van der Waals surface area contributed by atoms with Crippen molar-refractivity contribution in [2.75, 3.05) is 20.2 Å². The van der Waals surface area contributed by atoms with Gasteiger partial charge >= 0.3 is 5.97 Å². The fourth-order valence-corrected chi connectivity index (χ4v) is 3.56. The van der Waals surface area contributed by atoms with Gasteiger partial charge in [-0.2, -0.15) is 0 Å². The largest absolute Gasteiger partial charge is 0.468 e. The molecule has 1 aliphatic heterocycles. The average molecular weight is 331 g/mol. The van der Waals surface area contributed by atoms with Crippen LogP contribution in [0.3, 0.4) is 0 Å². The van der Waals surface area contributed by atoms with Crippen LogP contribution >= 0.6 is 0 Å². The van der Waals surface area contributed by atoms with Gasteiger partial charge in [-0.05, 0) is 44.2 Å². The Morgan fingerprint density at radius 3 is 2.62 bits per heavy atom. The van der Waals surface area contributed by atoms with Gasteiger partial charge in [0, 0.05) is 13.0 Å². The fourth-order valence-electron chi connectivity index (χ4n) is 3.56. The highest BCUT2D eigenvalue weighted by Crippen LogP contribution is 2.31. The van der Waals surface area contributed by atoms with Gasteiger partial charge in [0.25, 0.3) is 0 Å². The Balaban J connectivity index is 1.85. The SMILES string of the molecule is COC(=O)C(c1ccccc1)N1CCC(CCCCCC(C)=O)C1. The highest BCUT2D eigenvalue weighted by Gasteiger charge is 2.33. The molecule has 4 heteroatoms. The molecule has 0 aromatic heterocycles. The molecular formula is C20H29NO3. The summed E-state index contributed by atoms with van der Waals surface area (Å²) in [4.78, 5) is 25.5. The molecule has 0 spiro atoms. The molecule has 0 aliphatic carbocycles. The third-order valence-corrected chi connectivity index (χ3v) is 4.86. The molecule has 0 radical (unpaired) electrons. The molecule has 2 unspecified atom stereocenters. The number of carbonyl (C=O) groups is 2. The van der Waals surface area contributed by atoms with Crippen LogP contribution in [0.4, 0.5) is 0 Å². The second-order valence-electron chi connectivity index (χ2n) is 6.79. The second kappa shape index (κ2) is 9.58. The van der Waals surface area contributed by atoms with Crippen molar-refractivity contribution in [1.29, 1.82) is 0 Å². The lowest BCUT2D eigenvalue weighted by atomic mass is 9.99. The van der Waals surface area contributed by atoms with Gasteiger partial charge in [0.15, 0.2) is 0 Å². The first-order valence-electron chi connectivity index (χ1n) is 8.98. The van der Waals surface area contributed by atoms with Crippen molar-refractivity contribution in [3.05, 3.63) is 35.9 Å². The van der Waals surface area contributed by atoms with Crippen molar-refractivity contribution >= 4 is 11.8 Å². The summed E-state index contributed by atoms with van der Waals surface area (Å²) in [7, 11) is 1.46. The number of hydrogen-bond donors (Lipinski definition) is 0. The van der Waals surface area contributed by atoms with Crippen LogP contribution < -0.4 is 0 Å². The van der Waals surface area contributed by atoms with Gasteiger partial charge in [-0.1, -0.05) is 43.2 Å². The van der Waals surface area contributed by atoms with Crippen molar-refractivity contribution in [2.45, 2.75) is 51.5 Å². The number of benzene rings is 1. The first kappa shape index (κ1) is 18.7. The molecule has 0 amide bonds. The summed E-state index contributed by atoms with van der Waals surface area (Å²) in [5, 5.41) is 0. The van der Waals surface area contributed by atoms with Crippen LogP contribution in [-0.4, -0.2) is 36.9 Å². The fraction of sp³-hybridized carbons (Fsp3) is 0.600. The van der Waals surface area contributed by atoms with Gasteiger partial charge < -0.3 is 9.53 Å². The van der Waals surface area contributed by atoms with E-state index < -0.39 is 0 Å². The molecule has 0 saturated carbocycles. The third kappa shape index (κ3) is 5.45. The highest BCUT2D eigenvalue weighted by molar-refractivity contribution is 5.77. The number of methoxy groups -OCH3 is 1. The maximum absolute atomic E-state index is 12.3. The molecule has 0 bridgehead atoms. The molecular weight excluding hydrogens is 302 g/mol. The number of hydrogen-bond acceptors (Lipinski definition) is 4. The van der Waals surface area contributed by atoms with E-state index in [9.17, 15) is 9.59 Å². The minimum atomic E-state index is -0.293. The number of carbonyl (C=O) groups excluding carboxylic acids is 2. The molecule has 2 rings (SSSR count). The van der Waals surface area contributed by atoms with E-state index in [1.807, 2.05) is 30.3 Å². The predicted octanol–water partition coefficient (Wildman–Crippen LogP) is 3.76. The molecule has 1 fully saturated rings. The molecule has 132 valence electrons. The van der Waals surface area contributed by atoms with E-state index in [1.54, 1.807) is 6.92 Å². The molecule has 24 heavy (non-hydrogen) atoms. The summed E-state index contributed by atoms with van der Waals surface area (Å²) in [5.41, 5.74) is 1.01. The first-order valence-corrected chi connectivity index (χ1v) is 8.98. The molecule has 1 aromatic carbocycles. The van der Waals surface area contributed by atoms with E-state index in [2.05, 4.69) is 4.90 Å².